The lowest BCUT2D eigenvalue weighted by molar-refractivity contribution is -0.384. The van der Waals surface area contributed by atoms with Crippen LogP contribution in [0.15, 0.2) is 102 Å². The number of ether oxygens (including phenoxy) is 2. The summed E-state index contributed by atoms with van der Waals surface area (Å²) >= 11 is 0. The minimum atomic E-state index is -4.64. The van der Waals surface area contributed by atoms with Gasteiger partial charge < -0.3 is 24.7 Å². The number of likely N-dealkylation sites (tertiary alicyclic amines) is 1. The number of rotatable bonds is 13. The molecule has 0 radical (unpaired) electrons. The van der Waals surface area contributed by atoms with Crippen LogP contribution in [0, 0.1) is 10.1 Å². The number of hydrogen-bond acceptors (Lipinski definition) is 11. The molecule has 1 unspecified atom stereocenters. The monoisotopic (exact) mass is 889 g/mol. The Morgan fingerprint density at radius 2 is 1.88 bits per heavy atom. The van der Waals surface area contributed by atoms with Crippen LogP contribution in [0.5, 0.6) is 11.5 Å². The molecule has 1 aliphatic carbocycles. The first-order valence-corrected chi connectivity index (χ1v) is 23.4. The van der Waals surface area contributed by atoms with Gasteiger partial charge in [-0.2, -0.15) is 0 Å². The van der Waals surface area contributed by atoms with Gasteiger partial charge in [-0.3, -0.25) is 19.8 Å². The number of fused-ring (bicyclic) bond motifs is 1. The Labute approximate surface area is 371 Å². The van der Waals surface area contributed by atoms with E-state index in [1.807, 2.05) is 6.07 Å². The highest BCUT2D eigenvalue weighted by molar-refractivity contribution is 7.90. The molecule has 0 saturated carbocycles. The Morgan fingerprint density at radius 1 is 1.03 bits per heavy atom. The van der Waals surface area contributed by atoms with Gasteiger partial charge in [-0.15, -0.1) is 0 Å². The number of hydrogen-bond donors (Lipinski definition) is 3. The van der Waals surface area contributed by atoms with Crippen molar-refractivity contribution in [3.05, 3.63) is 130 Å². The first-order valence-electron chi connectivity index (χ1n) is 22.0. The summed E-state index contributed by atoms with van der Waals surface area (Å²) in [5.74, 6) is -0.539. The number of benzene rings is 3. The van der Waals surface area contributed by atoms with Crippen LogP contribution in [0.4, 0.5) is 15.8 Å². The molecular formula is C48H52FN7O7S. The normalized spacial score (nSPS) is 20.7. The van der Waals surface area contributed by atoms with E-state index < -0.39 is 37.1 Å². The Morgan fingerprint density at radius 3 is 2.66 bits per heavy atom. The molecular weight excluding hydrogens is 838 g/mol. The number of sulfonamides is 1. The molecule has 2 aromatic heterocycles. The number of carbonyl (C=O) groups excluding carboxylic acids is 1. The van der Waals surface area contributed by atoms with Gasteiger partial charge in [-0.05, 0) is 116 Å². The summed E-state index contributed by atoms with van der Waals surface area (Å²) in [7, 11) is -2.47. The molecule has 334 valence electrons. The summed E-state index contributed by atoms with van der Waals surface area (Å²) in [6.45, 7) is 3.32. The molecule has 2 fully saturated rings. The van der Waals surface area contributed by atoms with Crippen molar-refractivity contribution in [2.75, 3.05) is 51.8 Å². The largest absolute Gasteiger partial charge is 0.455 e. The Hall–Kier alpha value is -5.94. The van der Waals surface area contributed by atoms with Crippen LogP contribution in [0.3, 0.4) is 0 Å². The summed E-state index contributed by atoms with van der Waals surface area (Å²) in [5.41, 5.74) is 4.50. The van der Waals surface area contributed by atoms with Crippen molar-refractivity contribution in [2.24, 2.45) is 0 Å². The van der Waals surface area contributed by atoms with Crippen LogP contribution in [-0.2, 0) is 14.8 Å². The molecule has 3 aromatic carbocycles. The molecule has 5 aromatic rings. The van der Waals surface area contributed by atoms with E-state index in [1.54, 1.807) is 24.4 Å². The average Bonchev–Trinajstić information content (AvgIpc) is 3.99. The molecule has 2 atom stereocenters. The summed E-state index contributed by atoms with van der Waals surface area (Å²) in [6, 6.07) is 21.5. The van der Waals surface area contributed by atoms with Crippen LogP contribution in [0.25, 0.3) is 22.2 Å². The summed E-state index contributed by atoms with van der Waals surface area (Å²) in [5, 5.41) is 15.6. The van der Waals surface area contributed by atoms with Crippen molar-refractivity contribution in [3.63, 3.8) is 0 Å². The number of H-pyrrole nitrogens is 1. The van der Waals surface area contributed by atoms with Gasteiger partial charge in [0.2, 0.25) is 0 Å². The zero-order valence-electron chi connectivity index (χ0n) is 35.7. The SMILES string of the molecule is CN1CC=C(c2ccccc2[C@H]2CCCN2C2CC=C(c3ccc(C(=O)NS(=O)(=O)c4ccc(NCC5(F)CCOCC5)c([N+](=O)[O-])c4)c(Oc4cnc5[nH]ccc5c4)c3)CC2)CC1. The number of nitro groups is 1. The number of anilines is 1. The molecule has 14 nitrogen and oxygen atoms in total. The average molecular weight is 890 g/mol. The van der Waals surface area contributed by atoms with Crippen molar-refractivity contribution >= 4 is 49.5 Å². The lowest BCUT2D eigenvalue weighted by Crippen LogP contribution is -2.38. The third-order valence-electron chi connectivity index (χ3n) is 13.1. The van der Waals surface area contributed by atoms with Gasteiger partial charge in [0.1, 0.15) is 28.5 Å². The van der Waals surface area contributed by atoms with Crippen molar-refractivity contribution in [1.82, 2.24) is 24.5 Å². The van der Waals surface area contributed by atoms with E-state index in [4.69, 9.17) is 9.47 Å². The van der Waals surface area contributed by atoms with Crippen LogP contribution in [0.1, 0.15) is 84.5 Å². The van der Waals surface area contributed by atoms with Gasteiger partial charge in [0.25, 0.3) is 21.6 Å². The molecule has 5 heterocycles. The molecule has 1 amide bonds. The Balaban J connectivity index is 0.951. The minimum absolute atomic E-state index is 0.0483. The van der Waals surface area contributed by atoms with Crippen LogP contribution in [-0.4, -0.2) is 97.2 Å². The van der Waals surface area contributed by atoms with E-state index in [2.05, 4.69) is 73.3 Å². The fourth-order valence-corrected chi connectivity index (χ4v) is 10.5. The zero-order chi connectivity index (χ0) is 44.4. The van der Waals surface area contributed by atoms with Gasteiger partial charge >= 0.3 is 0 Å². The van der Waals surface area contributed by atoms with E-state index >= 15 is 4.39 Å². The Bertz CT molecular complexity index is 2750. The molecule has 2 saturated heterocycles. The second-order valence-electron chi connectivity index (χ2n) is 17.3. The van der Waals surface area contributed by atoms with Gasteiger partial charge in [-0.25, -0.2) is 22.5 Å². The summed E-state index contributed by atoms with van der Waals surface area (Å²) in [4.78, 5) is 37.3. The van der Waals surface area contributed by atoms with Crippen molar-refractivity contribution < 1.29 is 32.0 Å². The third kappa shape index (κ3) is 9.32. The van der Waals surface area contributed by atoms with E-state index in [1.165, 1.54) is 35.0 Å². The molecule has 9 rings (SSSR count). The second kappa shape index (κ2) is 18.3. The summed E-state index contributed by atoms with van der Waals surface area (Å²) < 4.78 is 56.3. The first kappa shape index (κ1) is 43.3. The van der Waals surface area contributed by atoms with E-state index in [0.717, 1.165) is 86.8 Å². The highest BCUT2D eigenvalue weighted by Crippen LogP contribution is 2.42. The summed E-state index contributed by atoms with van der Waals surface area (Å²) in [6.07, 6.45) is 14.1. The first-order chi connectivity index (χ1) is 30.9. The number of alkyl halides is 1. The number of allylic oxidation sites excluding steroid dienone is 1. The molecule has 16 heteroatoms. The molecule has 4 aliphatic rings. The molecule has 3 N–H and O–H groups in total. The number of carbonyl (C=O) groups is 1. The van der Waals surface area contributed by atoms with Gasteiger partial charge in [-0.1, -0.05) is 42.5 Å². The van der Waals surface area contributed by atoms with E-state index in [9.17, 15) is 23.3 Å². The van der Waals surface area contributed by atoms with Crippen LogP contribution in [0.2, 0.25) is 0 Å². The lowest BCUT2D eigenvalue weighted by Gasteiger charge is -2.36. The number of nitrogens with zero attached hydrogens (tertiary/aromatic N) is 4. The number of amides is 1. The number of halogens is 1. The van der Waals surface area contributed by atoms with Gasteiger partial charge in [0, 0.05) is 75.4 Å². The van der Waals surface area contributed by atoms with Gasteiger partial charge in [0.15, 0.2) is 0 Å². The predicted molar refractivity (Wildman–Crippen MR) is 244 cm³/mol. The number of aromatic amines is 1. The number of nitrogens with one attached hydrogen (secondary N) is 3. The number of nitro benzene ring substituents is 1. The quantitative estimate of drug-likeness (QED) is 0.0762. The second-order valence-corrected chi connectivity index (χ2v) is 19.0. The molecule has 0 bridgehead atoms. The fourth-order valence-electron chi connectivity index (χ4n) is 9.52. The fraction of sp³-hybridized carbons (Fsp3) is 0.375. The van der Waals surface area contributed by atoms with Crippen molar-refractivity contribution in [2.45, 2.75) is 74.0 Å². The van der Waals surface area contributed by atoms with Crippen molar-refractivity contribution in [3.8, 4) is 11.5 Å². The maximum Gasteiger partial charge on any atom is 0.293 e. The topological polar surface area (TPSA) is 172 Å². The van der Waals surface area contributed by atoms with Crippen LogP contribution >= 0.6 is 0 Å². The third-order valence-corrected chi connectivity index (χ3v) is 14.4. The zero-order valence-corrected chi connectivity index (χ0v) is 36.5. The van der Waals surface area contributed by atoms with Crippen LogP contribution < -0.4 is 14.8 Å². The maximum absolute atomic E-state index is 15.3. The highest BCUT2D eigenvalue weighted by atomic mass is 32.2. The lowest BCUT2D eigenvalue weighted by atomic mass is 9.87. The van der Waals surface area contributed by atoms with Gasteiger partial charge in [0.05, 0.1) is 21.6 Å². The number of aromatic nitrogens is 2. The van der Waals surface area contributed by atoms with E-state index in [0.29, 0.717) is 23.5 Å². The van der Waals surface area contributed by atoms with Crippen molar-refractivity contribution in [1.29, 1.82) is 0 Å². The number of likely N-dealkylation sites (N-methyl/N-ethyl adjacent to an activating group) is 1. The molecule has 0 spiro atoms. The Kier molecular flexibility index (Phi) is 12.4. The highest BCUT2D eigenvalue weighted by Gasteiger charge is 2.36. The maximum atomic E-state index is 15.3. The standard InChI is InChI=1S/C48H52FN7O7S/c1-54-23-17-33(18-24-54)39-5-2-3-6-40(39)43-7-4-22-55(43)36-11-8-32(9-12-36)34-10-14-41(45(28-34)63-37-27-35-16-21-50-46(35)51-30-37)47(57)53-64(60,61)38-13-15-42(44(29-38)56(58)59)52-31-48(49)19-25-62-26-20-48/h2-3,5-6,8,10,13-17,21,27-30,36,43,52H,4,7,9,11-12,18-20,22-26,31H2,1H3,(H,50,51)(H,53,57)/t36?,43-/m1/s1. The van der Waals surface area contributed by atoms with E-state index in [-0.39, 0.29) is 49.6 Å². The minimum Gasteiger partial charge on any atom is -0.455 e. The smallest absolute Gasteiger partial charge is 0.293 e. The molecule has 64 heavy (non-hydrogen) atoms. The number of pyridine rings is 1. The molecule has 3 aliphatic heterocycles. The predicted octanol–water partition coefficient (Wildman–Crippen LogP) is 8.80.